The Morgan fingerprint density at radius 2 is 1.72 bits per heavy atom. The largest absolute Gasteiger partial charge is 0.525 e. The first kappa shape index (κ1) is 43.9. The van der Waals surface area contributed by atoms with Crippen LogP contribution in [0.5, 0.6) is 28.7 Å². The maximum absolute atomic E-state index is 13.5. The molecule has 2 aromatic carbocycles. The second kappa shape index (κ2) is 18.1. The minimum absolute atomic E-state index is 0.0303. The molecule has 5 heterocycles. The molecule has 3 saturated heterocycles. The Balaban J connectivity index is 0.000000318. The summed E-state index contributed by atoms with van der Waals surface area (Å²) in [5, 5.41) is 43.3. The van der Waals surface area contributed by atoms with Crippen molar-refractivity contribution in [2.75, 3.05) is 47.4 Å². The second-order valence-corrected chi connectivity index (χ2v) is 15.4. The highest BCUT2D eigenvalue weighted by Crippen LogP contribution is 2.58. The van der Waals surface area contributed by atoms with Gasteiger partial charge in [0.25, 0.3) is 5.91 Å². The predicted molar refractivity (Wildman–Crippen MR) is 198 cm³/mol. The number of cyclic esters (lactones) is 1. The maximum atomic E-state index is 13.5. The molecule has 0 unspecified atom stereocenters. The molecule has 1 aromatic heterocycles. The molecule has 8 rings (SSSR count). The summed E-state index contributed by atoms with van der Waals surface area (Å²) in [6.07, 6.45) is -4.59. The fraction of sp³-hybridized carbons (Fsp3) is 0.528. The minimum Gasteiger partial charge on any atom is -0.493 e. The van der Waals surface area contributed by atoms with Crippen molar-refractivity contribution in [3.63, 3.8) is 0 Å². The summed E-state index contributed by atoms with van der Waals surface area (Å²) in [6.45, 7) is 1.50. The number of imidazole rings is 1. The van der Waals surface area contributed by atoms with Crippen LogP contribution in [0.4, 0.5) is 5.95 Å². The monoisotopic (exact) mass is 882 g/mol. The Hall–Kier alpha value is -5.14. The van der Waals surface area contributed by atoms with Gasteiger partial charge >= 0.3 is 19.7 Å². The molecule has 6 N–H and O–H groups in total. The molecule has 1 amide bonds. The van der Waals surface area contributed by atoms with Gasteiger partial charge in [-0.3, -0.25) is 19.4 Å². The maximum Gasteiger partial charge on any atom is 0.525 e. The van der Waals surface area contributed by atoms with Crippen molar-refractivity contribution in [2.24, 2.45) is 11.8 Å². The normalized spacial score (nSPS) is 28.6. The number of methoxy groups -OCH3 is 2. The van der Waals surface area contributed by atoms with Crippen LogP contribution in [-0.4, -0.2) is 136 Å². The molecular weight excluding hydrogens is 839 g/mol. The zero-order valence-corrected chi connectivity index (χ0v) is 33.5. The third kappa shape index (κ3) is 9.09. The molecule has 0 radical (unpaired) electrons. The van der Waals surface area contributed by atoms with Gasteiger partial charge in [-0.05, 0) is 52.8 Å². The van der Waals surface area contributed by atoms with E-state index in [9.17, 15) is 44.3 Å². The van der Waals surface area contributed by atoms with E-state index >= 15 is 0 Å². The van der Waals surface area contributed by atoms with Gasteiger partial charge in [0, 0.05) is 18.4 Å². The van der Waals surface area contributed by atoms with Crippen LogP contribution in [0.15, 0.2) is 36.7 Å². The van der Waals surface area contributed by atoms with E-state index in [0.29, 0.717) is 28.2 Å². The van der Waals surface area contributed by atoms with Crippen LogP contribution in [-0.2, 0) is 44.4 Å². The number of aliphatic hydroxyl groups is 3. The number of phosphoric acid groups is 1. The Kier molecular flexibility index (Phi) is 13.0. The number of nitrogens with zero attached hydrogens (tertiary/aromatic N) is 3. The molecule has 5 aliphatic rings. The quantitative estimate of drug-likeness (QED) is 0.0604. The van der Waals surface area contributed by atoms with Gasteiger partial charge in [-0.15, -0.1) is 0 Å². The van der Waals surface area contributed by atoms with E-state index in [1.165, 1.54) is 38.7 Å². The van der Waals surface area contributed by atoms with Gasteiger partial charge in [-0.2, -0.15) is 0 Å². The average molecular weight is 883 g/mol. The molecule has 61 heavy (non-hydrogen) atoms. The summed E-state index contributed by atoms with van der Waals surface area (Å²) in [7, 11) is -2.40. The number of phosphoric ester groups is 1. The highest BCUT2D eigenvalue weighted by Gasteiger charge is 2.56. The summed E-state index contributed by atoms with van der Waals surface area (Å²) >= 11 is 0. The molecular formula is C36H43N4O20P. The topological polar surface area (TPSA) is 318 Å². The lowest BCUT2D eigenvalue weighted by Gasteiger charge is -2.47. The summed E-state index contributed by atoms with van der Waals surface area (Å²) < 4.78 is 69.2. The van der Waals surface area contributed by atoms with Gasteiger partial charge < -0.3 is 77.9 Å². The van der Waals surface area contributed by atoms with Crippen molar-refractivity contribution in [1.82, 2.24) is 14.9 Å². The molecule has 3 fully saturated rings. The Morgan fingerprint density at radius 3 is 2.36 bits per heavy atom. The number of fused-ring (bicyclic) bond motifs is 4. The van der Waals surface area contributed by atoms with Crippen molar-refractivity contribution >= 4 is 25.6 Å². The molecule has 10 atom stereocenters. The highest BCUT2D eigenvalue weighted by atomic mass is 31.2. The number of rotatable bonds is 12. The summed E-state index contributed by atoms with van der Waals surface area (Å²) in [5.74, 6) is -3.04. The fourth-order valence-electron chi connectivity index (χ4n) is 7.93. The lowest BCUT2D eigenvalue weighted by Crippen LogP contribution is -2.63. The predicted octanol–water partition coefficient (Wildman–Crippen LogP) is 0.00430. The lowest BCUT2D eigenvalue weighted by atomic mass is 9.66. The van der Waals surface area contributed by atoms with Gasteiger partial charge in [-0.1, -0.05) is 4.98 Å². The molecule has 1 aliphatic carbocycles. The molecule has 0 spiro atoms. The smallest absolute Gasteiger partial charge is 0.493 e. The Morgan fingerprint density at radius 1 is 1.03 bits per heavy atom. The molecule has 25 heteroatoms. The van der Waals surface area contributed by atoms with Crippen molar-refractivity contribution < 1.29 is 91.3 Å². The number of carbonyl (C=O) groups excluding carboxylic acids is 2. The summed E-state index contributed by atoms with van der Waals surface area (Å²) in [6, 6.07) is 6.47. The second-order valence-electron chi connectivity index (χ2n) is 14.2. The number of aliphatic hydroxyl groups excluding tert-OH is 3. The minimum atomic E-state index is -5.00. The van der Waals surface area contributed by atoms with Crippen molar-refractivity contribution in [1.29, 1.82) is 0 Å². The number of carbonyl (C=O) groups is 2. The van der Waals surface area contributed by atoms with E-state index in [4.69, 9.17) is 52.3 Å². The van der Waals surface area contributed by atoms with Gasteiger partial charge in [0.05, 0.1) is 46.1 Å². The molecule has 0 bridgehead atoms. The van der Waals surface area contributed by atoms with E-state index in [2.05, 4.69) is 10.3 Å². The van der Waals surface area contributed by atoms with Crippen LogP contribution in [0.2, 0.25) is 0 Å². The Labute approximate surface area is 345 Å². The van der Waals surface area contributed by atoms with Gasteiger partial charge in [-0.25, -0.2) is 9.13 Å². The SMILES string of the molecule is COc1cc([C@@H]2c3cc4c(cc3[C@@H](O[C@@H]3O[C@@H]5CO[C@@H](C)O[C@H]5[C@H](O)[C@H]3O)[C@H]3COC(=O)[C@H]23)OCO4)cc(OC)c1OP(=O)(O)O.O=C(Cn1ccnc1[N+](=O)[O-])NCCO. The first-order chi connectivity index (χ1) is 29.1. The number of aromatic nitrogens is 2. The third-order valence-electron chi connectivity index (χ3n) is 10.5. The number of amides is 1. The molecule has 4 aliphatic heterocycles. The molecule has 332 valence electrons. The highest BCUT2D eigenvalue weighted by molar-refractivity contribution is 7.46. The first-order valence-electron chi connectivity index (χ1n) is 18.7. The van der Waals surface area contributed by atoms with Gasteiger partial charge in [0.2, 0.25) is 12.5 Å². The number of ether oxygens (including phenoxy) is 9. The molecule has 24 nitrogen and oxygen atoms in total. The number of esters is 1. The standard InChI is InChI=1S/C29H33O16P.C7H10N4O4/c1-11-38-9-20-27(42-11)23(30)24(31)29(43-20)44-25-14-7-17-16(40-10-41-17)6-13(14)21(22-15(25)8-39-28(22)32)12-4-18(36-2)26(19(5-12)37-3)45-46(33,34)35;12-4-2-8-6(13)5-10-3-1-9-7(10)11(14)15/h4-7,11,15,20-25,27,29-31H,8-10H2,1-3H3,(H2,33,34,35);1,3,12H,2,4-5H2,(H,8,13)/t11-,15+,20-,21-,22+,23-,24-,25-,27-,29+;/m1./s1. The van der Waals surface area contributed by atoms with E-state index < -0.39 is 85.5 Å². The zero-order chi connectivity index (χ0) is 43.7. The van der Waals surface area contributed by atoms with E-state index in [1.807, 2.05) is 0 Å². The molecule has 0 saturated carbocycles. The van der Waals surface area contributed by atoms with Crippen LogP contribution in [0.1, 0.15) is 35.6 Å². The number of hydrogen-bond acceptors (Lipinski definition) is 19. The zero-order valence-electron chi connectivity index (χ0n) is 32.6. The third-order valence-corrected chi connectivity index (χ3v) is 11.0. The molecule has 3 aromatic rings. The number of nitrogens with one attached hydrogen (secondary N) is 1. The van der Waals surface area contributed by atoms with E-state index in [0.717, 1.165) is 4.57 Å². The van der Waals surface area contributed by atoms with Crippen LogP contribution in [0, 0.1) is 22.0 Å². The fourth-order valence-corrected chi connectivity index (χ4v) is 8.35. The van der Waals surface area contributed by atoms with E-state index in [-0.39, 0.29) is 62.9 Å². The van der Waals surface area contributed by atoms with Crippen molar-refractivity contribution in [3.8, 4) is 28.7 Å². The number of hydrogen-bond donors (Lipinski definition) is 6. The summed E-state index contributed by atoms with van der Waals surface area (Å²) in [5.41, 5.74) is 1.65. The number of nitro groups is 1. The number of benzene rings is 2. The van der Waals surface area contributed by atoms with E-state index in [1.54, 1.807) is 19.1 Å². The van der Waals surface area contributed by atoms with Crippen molar-refractivity contribution in [3.05, 3.63) is 63.5 Å². The van der Waals surface area contributed by atoms with Gasteiger partial charge in [0.1, 0.15) is 36.8 Å². The van der Waals surface area contributed by atoms with Crippen molar-refractivity contribution in [2.45, 2.75) is 62.5 Å². The summed E-state index contributed by atoms with van der Waals surface area (Å²) in [4.78, 5) is 56.9. The lowest BCUT2D eigenvalue weighted by molar-refractivity contribution is -0.396. The van der Waals surface area contributed by atoms with Crippen LogP contribution in [0.25, 0.3) is 0 Å². The first-order valence-corrected chi connectivity index (χ1v) is 20.2. The van der Waals surface area contributed by atoms with Crippen LogP contribution < -0.4 is 28.8 Å². The van der Waals surface area contributed by atoms with Crippen LogP contribution in [0.3, 0.4) is 0 Å². The average Bonchev–Trinajstić information content (AvgIpc) is 3.98. The Bertz CT molecular complexity index is 2140. The van der Waals surface area contributed by atoms with Gasteiger partial charge in [0.15, 0.2) is 42.1 Å². The van der Waals surface area contributed by atoms with Crippen LogP contribution >= 0.6 is 7.82 Å².